The van der Waals surface area contributed by atoms with Crippen LogP contribution in [0, 0.1) is 0 Å². The van der Waals surface area contributed by atoms with Crippen LogP contribution >= 0.6 is 0 Å². The molecule has 2 heterocycles. The molecule has 1 saturated heterocycles. The number of piperidine rings is 1. The van der Waals surface area contributed by atoms with Gasteiger partial charge in [-0.15, -0.1) is 0 Å². The number of ether oxygens (including phenoxy) is 2. The lowest BCUT2D eigenvalue weighted by atomic mass is 10.1. The summed E-state index contributed by atoms with van der Waals surface area (Å²) in [6.45, 7) is 2.25. The predicted molar refractivity (Wildman–Crippen MR) is 99.9 cm³/mol. The number of carbonyl (C=O) groups excluding carboxylic acids is 2. The third-order valence-corrected chi connectivity index (χ3v) is 4.93. The number of carbonyl (C=O) groups is 2. The standard InChI is InChI=1S/C21H22N2O4/c24-20(22-13-15-4-9-18-19(12-15)27-14-26-18)16-5-7-17(8-6-16)21(25)23-10-2-1-3-11-23/h4-9,12H,1-3,10-11,13-14H2,(H,22,24). The molecule has 0 spiro atoms. The number of amides is 2. The topological polar surface area (TPSA) is 67.9 Å². The molecule has 0 aliphatic carbocycles. The first-order valence-electron chi connectivity index (χ1n) is 9.27. The van der Waals surface area contributed by atoms with Gasteiger partial charge in [0.05, 0.1) is 0 Å². The quantitative estimate of drug-likeness (QED) is 0.903. The van der Waals surface area contributed by atoms with Crippen molar-refractivity contribution >= 4 is 11.8 Å². The highest BCUT2D eigenvalue weighted by molar-refractivity contribution is 5.97. The summed E-state index contributed by atoms with van der Waals surface area (Å²) in [5.41, 5.74) is 2.10. The van der Waals surface area contributed by atoms with E-state index in [1.54, 1.807) is 24.3 Å². The average Bonchev–Trinajstić information content (AvgIpc) is 3.20. The van der Waals surface area contributed by atoms with Crippen LogP contribution in [0.4, 0.5) is 0 Å². The first-order valence-corrected chi connectivity index (χ1v) is 9.27. The Bertz CT molecular complexity index is 842. The van der Waals surface area contributed by atoms with E-state index in [1.807, 2.05) is 23.1 Å². The normalized spacial score (nSPS) is 15.5. The third kappa shape index (κ3) is 3.89. The van der Waals surface area contributed by atoms with Gasteiger partial charge in [-0.25, -0.2) is 0 Å². The van der Waals surface area contributed by atoms with Crippen LogP contribution in [0.2, 0.25) is 0 Å². The highest BCUT2D eigenvalue weighted by Gasteiger charge is 2.18. The van der Waals surface area contributed by atoms with Crippen molar-refractivity contribution in [3.05, 3.63) is 59.2 Å². The van der Waals surface area contributed by atoms with Crippen LogP contribution in [0.1, 0.15) is 45.5 Å². The lowest BCUT2D eigenvalue weighted by Crippen LogP contribution is -2.35. The molecule has 0 radical (unpaired) electrons. The Labute approximate surface area is 158 Å². The number of hydrogen-bond acceptors (Lipinski definition) is 4. The van der Waals surface area contributed by atoms with Gasteiger partial charge in [0.15, 0.2) is 11.5 Å². The van der Waals surface area contributed by atoms with Crippen molar-refractivity contribution in [3.8, 4) is 11.5 Å². The van der Waals surface area contributed by atoms with Crippen LogP contribution in [0.5, 0.6) is 11.5 Å². The Hall–Kier alpha value is -3.02. The largest absolute Gasteiger partial charge is 0.454 e. The van der Waals surface area contributed by atoms with Crippen LogP contribution in [0.3, 0.4) is 0 Å². The maximum Gasteiger partial charge on any atom is 0.253 e. The van der Waals surface area contributed by atoms with E-state index in [4.69, 9.17) is 9.47 Å². The van der Waals surface area contributed by atoms with Gasteiger partial charge in [0.2, 0.25) is 6.79 Å². The van der Waals surface area contributed by atoms with Crippen molar-refractivity contribution < 1.29 is 19.1 Å². The van der Waals surface area contributed by atoms with Gasteiger partial charge in [0.25, 0.3) is 11.8 Å². The first-order chi connectivity index (χ1) is 13.2. The number of rotatable bonds is 4. The van der Waals surface area contributed by atoms with Crippen LogP contribution in [-0.2, 0) is 6.54 Å². The number of hydrogen-bond donors (Lipinski definition) is 1. The van der Waals surface area contributed by atoms with E-state index in [0.29, 0.717) is 23.4 Å². The molecule has 2 aromatic rings. The van der Waals surface area contributed by atoms with Crippen LogP contribution < -0.4 is 14.8 Å². The maximum absolute atomic E-state index is 12.5. The maximum atomic E-state index is 12.5. The van der Waals surface area contributed by atoms with Gasteiger partial charge < -0.3 is 19.7 Å². The fourth-order valence-corrected chi connectivity index (χ4v) is 3.38. The molecule has 0 unspecified atom stereocenters. The summed E-state index contributed by atoms with van der Waals surface area (Å²) >= 11 is 0. The number of benzene rings is 2. The number of nitrogens with zero attached hydrogens (tertiary/aromatic N) is 1. The fourth-order valence-electron chi connectivity index (χ4n) is 3.38. The van der Waals surface area contributed by atoms with E-state index < -0.39 is 0 Å². The minimum atomic E-state index is -0.176. The zero-order chi connectivity index (χ0) is 18.6. The Balaban J connectivity index is 1.35. The minimum absolute atomic E-state index is 0.0435. The molecule has 6 heteroatoms. The van der Waals surface area contributed by atoms with Crippen molar-refractivity contribution in [2.75, 3.05) is 19.9 Å². The lowest BCUT2D eigenvalue weighted by Gasteiger charge is -2.26. The molecule has 2 aromatic carbocycles. The molecule has 2 aliphatic rings. The Morgan fingerprint density at radius 3 is 2.37 bits per heavy atom. The van der Waals surface area contributed by atoms with Crippen LogP contribution in [0.15, 0.2) is 42.5 Å². The van der Waals surface area contributed by atoms with Crippen molar-refractivity contribution in [2.45, 2.75) is 25.8 Å². The first kappa shape index (κ1) is 17.4. The van der Waals surface area contributed by atoms with E-state index in [0.717, 1.165) is 37.2 Å². The van der Waals surface area contributed by atoms with E-state index in [9.17, 15) is 9.59 Å². The Morgan fingerprint density at radius 1 is 0.889 bits per heavy atom. The summed E-state index contributed by atoms with van der Waals surface area (Å²) in [6, 6.07) is 12.5. The SMILES string of the molecule is O=C(NCc1ccc2c(c1)OCO2)c1ccc(C(=O)N2CCCCC2)cc1. The molecule has 0 aromatic heterocycles. The molecule has 6 nitrogen and oxygen atoms in total. The molecule has 1 fully saturated rings. The van der Waals surface area contributed by atoms with Gasteiger partial charge in [-0.3, -0.25) is 9.59 Å². The van der Waals surface area contributed by atoms with Gasteiger partial charge in [-0.2, -0.15) is 0 Å². The highest BCUT2D eigenvalue weighted by Crippen LogP contribution is 2.32. The second-order valence-electron chi connectivity index (χ2n) is 6.80. The summed E-state index contributed by atoms with van der Waals surface area (Å²) in [4.78, 5) is 26.7. The lowest BCUT2D eigenvalue weighted by molar-refractivity contribution is 0.0723. The van der Waals surface area contributed by atoms with Crippen LogP contribution in [0.25, 0.3) is 0 Å². The van der Waals surface area contributed by atoms with E-state index in [1.165, 1.54) is 6.42 Å². The monoisotopic (exact) mass is 366 g/mol. The summed E-state index contributed by atoms with van der Waals surface area (Å²) in [7, 11) is 0. The molecule has 27 heavy (non-hydrogen) atoms. The van der Waals surface area contributed by atoms with Gasteiger partial charge in [0.1, 0.15) is 0 Å². The molecule has 2 aliphatic heterocycles. The van der Waals surface area contributed by atoms with Crippen molar-refractivity contribution in [3.63, 3.8) is 0 Å². The second-order valence-corrected chi connectivity index (χ2v) is 6.80. The number of likely N-dealkylation sites (tertiary alicyclic amines) is 1. The van der Waals surface area contributed by atoms with Gasteiger partial charge in [-0.1, -0.05) is 6.07 Å². The average molecular weight is 366 g/mol. The smallest absolute Gasteiger partial charge is 0.253 e. The molecule has 0 bridgehead atoms. The molecular weight excluding hydrogens is 344 g/mol. The molecule has 2 amide bonds. The molecule has 4 rings (SSSR count). The molecule has 140 valence electrons. The zero-order valence-electron chi connectivity index (χ0n) is 15.1. The Kier molecular flexibility index (Phi) is 4.96. The minimum Gasteiger partial charge on any atom is -0.454 e. The predicted octanol–water partition coefficient (Wildman–Crippen LogP) is 2.97. The van der Waals surface area contributed by atoms with Gasteiger partial charge in [-0.05, 0) is 61.2 Å². The van der Waals surface area contributed by atoms with Gasteiger partial charge in [0, 0.05) is 30.8 Å². The van der Waals surface area contributed by atoms with Crippen molar-refractivity contribution in [1.29, 1.82) is 0 Å². The summed E-state index contributed by atoms with van der Waals surface area (Å²) in [5.74, 6) is 1.29. The van der Waals surface area contributed by atoms with Crippen molar-refractivity contribution in [2.24, 2.45) is 0 Å². The number of fused-ring (bicyclic) bond motifs is 1. The molecule has 0 atom stereocenters. The molecule has 1 N–H and O–H groups in total. The summed E-state index contributed by atoms with van der Waals surface area (Å²) in [6.07, 6.45) is 3.31. The zero-order valence-corrected chi connectivity index (χ0v) is 15.1. The highest BCUT2D eigenvalue weighted by atomic mass is 16.7. The number of nitrogens with one attached hydrogen (secondary N) is 1. The fraction of sp³-hybridized carbons (Fsp3) is 0.333. The van der Waals surface area contributed by atoms with Gasteiger partial charge >= 0.3 is 0 Å². The molecule has 0 saturated carbocycles. The summed E-state index contributed by atoms with van der Waals surface area (Å²) < 4.78 is 10.6. The van der Waals surface area contributed by atoms with E-state index in [-0.39, 0.29) is 18.6 Å². The van der Waals surface area contributed by atoms with Crippen molar-refractivity contribution in [1.82, 2.24) is 10.2 Å². The Morgan fingerprint density at radius 2 is 1.59 bits per heavy atom. The van der Waals surface area contributed by atoms with E-state index in [2.05, 4.69) is 5.32 Å². The second kappa shape index (κ2) is 7.70. The molecular formula is C21H22N2O4. The van der Waals surface area contributed by atoms with E-state index >= 15 is 0 Å². The summed E-state index contributed by atoms with van der Waals surface area (Å²) in [5, 5.41) is 2.89. The third-order valence-electron chi connectivity index (χ3n) is 4.93. The van der Waals surface area contributed by atoms with Crippen LogP contribution in [-0.4, -0.2) is 36.6 Å².